The van der Waals surface area contributed by atoms with E-state index in [1.165, 1.54) is 16.7 Å². The molecule has 0 aliphatic heterocycles. The number of nitrogens with two attached hydrogens (primary N) is 1. The lowest BCUT2D eigenvalue weighted by molar-refractivity contribution is 1.05. The average molecular weight is 147 g/mol. The van der Waals surface area contributed by atoms with E-state index in [0.717, 1.165) is 0 Å². The van der Waals surface area contributed by atoms with Gasteiger partial charge >= 0.3 is 0 Å². The largest absolute Gasteiger partial charge is 0.326 e. The molecule has 0 unspecified atom stereocenters. The molecule has 0 aromatic heterocycles. The molecule has 1 aromatic carbocycles. The minimum Gasteiger partial charge on any atom is -0.326 e. The third-order valence-corrected chi connectivity index (χ3v) is 1.93. The predicted octanol–water partition coefficient (Wildman–Crippen LogP) is 2.10. The van der Waals surface area contributed by atoms with Crippen molar-refractivity contribution in [3.8, 4) is 0 Å². The number of rotatable bonds is 2. The maximum Gasteiger partial charge on any atom is 0.0180 e. The summed E-state index contributed by atoms with van der Waals surface area (Å²) in [6.07, 6.45) is 1.86. The van der Waals surface area contributed by atoms with Gasteiger partial charge in [0.25, 0.3) is 0 Å². The fraction of sp³-hybridized carbons (Fsp3) is 0.200. The van der Waals surface area contributed by atoms with E-state index < -0.39 is 0 Å². The van der Waals surface area contributed by atoms with Crippen molar-refractivity contribution in [3.05, 3.63) is 41.5 Å². The molecule has 1 heteroatoms. The molecular formula is C10H13N. The van der Waals surface area contributed by atoms with Crippen molar-refractivity contribution in [2.24, 2.45) is 5.73 Å². The second-order valence-corrected chi connectivity index (χ2v) is 2.54. The van der Waals surface area contributed by atoms with Gasteiger partial charge in [-0.3, -0.25) is 0 Å². The van der Waals surface area contributed by atoms with E-state index in [1.807, 2.05) is 24.3 Å². The first kappa shape index (κ1) is 8.02. The van der Waals surface area contributed by atoms with Crippen molar-refractivity contribution in [1.82, 2.24) is 0 Å². The number of hydrogen-bond acceptors (Lipinski definition) is 1. The van der Waals surface area contributed by atoms with Gasteiger partial charge in [-0.15, -0.1) is 0 Å². The second-order valence-electron chi connectivity index (χ2n) is 2.54. The van der Waals surface area contributed by atoms with Crippen LogP contribution in [0.25, 0.3) is 6.08 Å². The van der Waals surface area contributed by atoms with E-state index in [2.05, 4.69) is 13.5 Å². The summed E-state index contributed by atoms with van der Waals surface area (Å²) in [5, 5.41) is 0. The molecule has 1 rings (SSSR count). The molecule has 1 aromatic rings. The van der Waals surface area contributed by atoms with Gasteiger partial charge in [-0.05, 0) is 23.6 Å². The van der Waals surface area contributed by atoms with Gasteiger partial charge in [0.1, 0.15) is 0 Å². The Balaban J connectivity index is 3.20. The monoisotopic (exact) mass is 147 g/mol. The van der Waals surface area contributed by atoms with E-state index >= 15 is 0 Å². The molecule has 0 heterocycles. The van der Waals surface area contributed by atoms with Gasteiger partial charge in [0.05, 0.1) is 0 Å². The summed E-state index contributed by atoms with van der Waals surface area (Å²) in [4.78, 5) is 0. The highest BCUT2D eigenvalue weighted by Gasteiger charge is 1.97. The van der Waals surface area contributed by atoms with Gasteiger partial charge in [-0.1, -0.05) is 30.9 Å². The quantitative estimate of drug-likeness (QED) is 0.681. The van der Waals surface area contributed by atoms with E-state index in [1.54, 1.807) is 0 Å². The van der Waals surface area contributed by atoms with E-state index in [9.17, 15) is 0 Å². The minimum atomic E-state index is 0.605. The molecule has 58 valence electrons. The minimum absolute atomic E-state index is 0.605. The molecule has 0 aliphatic carbocycles. The van der Waals surface area contributed by atoms with Gasteiger partial charge in [0.15, 0.2) is 0 Å². The first-order valence-electron chi connectivity index (χ1n) is 3.70. The van der Waals surface area contributed by atoms with Crippen molar-refractivity contribution in [1.29, 1.82) is 0 Å². The maximum absolute atomic E-state index is 5.54. The number of benzene rings is 1. The van der Waals surface area contributed by atoms with Crippen LogP contribution in [0.4, 0.5) is 0 Å². The van der Waals surface area contributed by atoms with E-state index in [4.69, 9.17) is 5.73 Å². The van der Waals surface area contributed by atoms with Crippen molar-refractivity contribution in [2.75, 3.05) is 0 Å². The molecule has 11 heavy (non-hydrogen) atoms. The Morgan fingerprint density at radius 2 is 2.27 bits per heavy atom. The normalized spacial score (nSPS) is 9.64. The zero-order valence-corrected chi connectivity index (χ0v) is 6.80. The highest BCUT2D eigenvalue weighted by Crippen LogP contribution is 2.13. The summed E-state index contributed by atoms with van der Waals surface area (Å²) in [7, 11) is 0. The van der Waals surface area contributed by atoms with Crippen molar-refractivity contribution in [3.63, 3.8) is 0 Å². The standard InChI is InChI=1S/C10H13N/c1-3-9-5-4-6-10(7-11)8(9)2/h3-6H,1,7,11H2,2H3. The van der Waals surface area contributed by atoms with Crippen molar-refractivity contribution in [2.45, 2.75) is 13.5 Å². The van der Waals surface area contributed by atoms with Crippen LogP contribution in [0.2, 0.25) is 0 Å². The summed E-state index contributed by atoms with van der Waals surface area (Å²) in [6.45, 7) is 6.40. The van der Waals surface area contributed by atoms with Crippen LogP contribution in [-0.2, 0) is 6.54 Å². The van der Waals surface area contributed by atoms with Gasteiger partial charge < -0.3 is 5.73 Å². The molecule has 0 radical (unpaired) electrons. The molecule has 0 saturated heterocycles. The fourth-order valence-corrected chi connectivity index (χ4v) is 1.15. The molecule has 0 amide bonds. The molecule has 0 fully saturated rings. The molecule has 0 atom stereocenters. The molecule has 0 aliphatic rings. The van der Waals surface area contributed by atoms with E-state index in [-0.39, 0.29) is 0 Å². The molecule has 0 saturated carbocycles. The summed E-state index contributed by atoms with van der Waals surface area (Å²) in [5.41, 5.74) is 9.15. The van der Waals surface area contributed by atoms with Crippen molar-refractivity contribution < 1.29 is 0 Å². The summed E-state index contributed by atoms with van der Waals surface area (Å²) in [6, 6.07) is 6.09. The molecular weight excluding hydrogens is 134 g/mol. The van der Waals surface area contributed by atoms with Crippen LogP contribution in [0.1, 0.15) is 16.7 Å². The van der Waals surface area contributed by atoms with Crippen LogP contribution in [0, 0.1) is 6.92 Å². The Morgan fingerprint density at radius 3 is 2.82 bits per heavy atom. The lowest BCUT2D eigenvalue weighted by atomic mass is 10.0. The van der Waals surface area contributed by atoms with Gasteiger partial charge in [0, 0.05) is 6.54 Å². The Morgan fingerprint density at radius 1 is 1.55 bits per heavy atom. The van der Waals surface area contributed by atoms with Gasteiger partial charge in [-0.2, -0.15) is 0 Å². The third-order valence-electron chi connectivity index (χ3n) is 1.93. The third kappa shape index (κ3) is 1.49. The average Bonchev–Trinajstić information content (AvgIpc) is 2.05. The summed E-state index contributed by atoms with van der Waals surface area (Å²) in [5.74, 6) is 0. The topological polar surface area (TPSA) is 26.0 Å². The smallest absolute Gasteiger partial charge is 0.0180 e. The Hall–Kier alpha value is -1.08. The van der Waals surface area contributed by atoms with Gasteiger partial charge in [-0.25, -0.2) is 0 Å². The highest BCUT2D eigenvalue weighted by atomic mass is 14.5. The van der Waals surface area contributed by atoms with Crippen LogP contribution in [0.3, 0.4) is 0 Å². The van der Waals surface area contributed by atoms with E-state index in [0.29, 0.717) is 6.54 Å². The summed E-state index contributed by atoms with van der Waals surface area (Å²) < 4.78 is 0. The summed E-state index contributed by atoms with van der Waals surface area (Å²) >= 11 is 0. The number of hydrogen-bond donors (Lipinski definition) is 1. The first-order valence-corrected chi connectivity index (χ1v) is 3.70. The maximum atomic E-state index is 5.54. The fourth-order valence-electron chi connectivity index (χ4n) is 1.15. The SMILES string of the molecule is C=Cc1cccc(CN)c1C. The molecule has 0 bridgehead atoms. The van der Waals surface area contributed by atoms with Crippen molar-refractivity contribution >= 4 is 6.08 Å². The zero-order valence-electron chi connectivity index (χ0n) is 6.80. The van der Waals surface area contributed by atoms with Crippen LogP contribution in [0.5, 0.6) is 0 Å². The molecule has 1 nitrogen and oxygen atoms in total. The van der Waals surface area contributed by atoms with Crippen LogP contribution in [-0.4, -0.2) is 0 Å². The molecule has 0 spiro atoms. The van der Waals surface area contributed by atoms with Gasteiger partial charge in [0.2, 0.25) is 0 Å². The Labute approximate surface area is 67.5 Å². The first-order chi connectivity index (χ1) is 5.29. The zero-order chi connectivity index (χ0) is 8.27. The van der Waals surface area contributed by atoms with Crippen LogP contribution >= 0.6 is 0 Å². The van der Waals surface area contributed by atoms with Crippen LogP contribution in [0.15, 0.2) is 24.8 Å². The van der Waals surface area contributed by atoms with Crippen LogP contribution < -0.4 is 5.73 Å². The second kappa shape index (κ2) is 3.35. The lowest BCUT2D eigenvalue weighted by Crippen LogP contribution is -1.99. The Bertz CT molecular complexity index is 264. The highest BCUT2D eigenvalue weighted by molar-refractivity contribution is 5.53. The Kier molecular flexibility index (Phi) is 2.44. The molecule has 2 N–H and O–H groups in total. The predicted molar refractivity (Wildman–Crippen MR) is 49.2 cm³/mol. The lowest BCUT2D eigenvalue weighted by Gasteiger charge is -2.04.